The summed E-state index contributed by atoms with van der Waals surface area (Å²) in [6.07, 6.45) is -0.801. The lowest BCUT2D eigenvalue weighted by molar-refractivity contribution is -0.140. The summed E-state index contributed by atoms with van der Waals surface area (Å²) in [6, 6.07) is 0. The molecule has 0 aromatic carbocycles. The molecule has 1 aromatic rings. The Morgan fingerprint density at radius 3 is 2.88 bits per heavy atom. The van der Waals surface area contributed by atoms with Gasteiger partial charge in [-0.25, -0.2) is 9.98 Å². The van der Waals surface area contributed by atoms with E-state index in [4.69, 9.17) is 0 Å². The Kier molecular flexibility index (Phi) is 8.15. The molecule has 5 nitrogen and oxygen atoms in total. The fourth-order valence-electron chi connectivity index (χ4n) is 3.00. The van der Waals surface area contributed by atoms with Crippen molar-refractivity contribution in [3.8, 4) is 0 Å². The minimum Gasteiger partial charge on any atom is -0.357 e. The van der Waals surface area contributed by atoms with Crippen LogP contribution in [0.4, 0.5) is 13.2 Å². The van der Waals surface area contributed by atoms with Crippen LogP contribution in [0.5, 0.6) is 0 Å². The summed E-state index contributed by atoms with van der Waals surface area (Å²) in [7, 11) is 0. The zero-order valence-corrected chi connectivity index (χ0v) is 16.2. The molecule has 9 heteroatoms. The molecule has 0 bridgehead atoms. The van der Waals surface area contributed by atoms with Crippen molar-refractivity contribution in [3.63, 3.8) is 0 Å². The molecule has 0 radical (unpaired) electrons. The van der Waals surface area contributed by atoms with Gasteiger partial charge in [0.25, 0.3) is 0 Å². The van der Waals surface area contributed by atoms with Crippen LogP contribution in [0.15, 0.2) is 10.4 Å². The van der Waals surface area contributed by atoms with Gasteiger partial charge < -0.3 is 15.5 Å². The highest BCUT2D eigenvalue weighted by atomic mass is 32.1. The first-order chi connectivity index (χ1) is 12.4. The van der Waals surface area contributed by atoms with Gasteiger partial charge in [0.2, 0.25) is 0 Å². The molecule has 26 heavy (non-hydrogen) atoms. The van der Waals surface area contributed by atoms with E-state index in [2.05, 4.69) is 32.4 Å². The van der Waals surface area contributed by atoms with Crippen molar-refractivity contribution in [1.82, 2.24) is 20.5 Å². The van der Waals surface area contributed by atoms with E-state index in [0.29, 0.717) is 17.5 Å². The van der Waals surface area contributed by atoms with Crippen LogP contribution in [0.3, 0.4) is 0 Å². The zero-order valence-electron chi connectivity index (χ0n) is 15.4. The molecule has 1 unspecified atom stereocenters. The first-order valence-electron chi connectivity index (χ1n) is 9.14. The van der Waals surface area contributed by atoms with Crippen molar-refractivity contribution in [3.05, 3.63) is 16.1 Å². The number of guanidine groups is 1. The van der Waals surface area contributed by atoms with Gasteiger partial charge in [-0.15, -0.1) is 11.3 Å². The lowest BCUT2D eigenvalue weighted by atomic mass is 10.0. The van der Waals surface area contributed by atoms with Gasteiger partial charge in [-0.1, -0.05) is 6.92 Å². The molecule has 0 amide bonds. The molecule has 2 N–H and O–H groups in total. The summed E-state index contributed by atoms with van der Waals surface area (Å²) in [5.74, 6) is 1.39. The molecule has 1 aliphatic rings. The van der Waals surface area contributed by atoms with Crippen molar-refractivity contribution in [2.45, 2.75) is 45.8 Å². The first-order valence-corrected chi connectivity index (χ1v) is 10.0. The van der Waals surface area contributed by atoms with Crippen molar-refractivity contribution in [2.24, 2.45) is 10.9 Å². The number of nitrogens with one attached hydrogen (secondary N) is 2. The van der Waals surface area contributed by atoms with Crippen molar-refractivity contribution in [1.29, 1.82) is 0 Å². The van der Waals surface area contributed by atoms with E-state index in [9.17, 15) is 13.2 Å². The smallest absolute Gasteiger partial charge is 0.357 e. The van der Waals surface area contributed by atoms with Crippen LogP contribution >= 0.6 is 11.3 Å². The predicted octanol–water partition coefficient (Wildman–Crippen LogP) is 3.34. The zero-order chi connectivity index (χ0) is 19.0. The summed E-state index contributed by atoms with van der Waals surface area (Å²) in [6.45, 7) is 9.26. The van der Waals surface area contributed by atoms with E-state index >= 15 is 0 Å². The number of alkyl halides is 3. The highest BCUT2D eigenvalue weighted by molar-refractivity contribution is 7.09. The summed E-state index contributed by atoms with van der Waals surface area (Å²) in [5, 5.41) is 7.75. The quantitative estimate of drug-likeness (QED) is 0.425. The molecule has 2 heterocycles. The average molecular weight is 392 g/mol. The molecule has 1 aliphatic heterocycles. The number of hydrogen-bond acceptors (Lipinski definition) is 4. The second-order valence-electron chi connectivity index (χ2n) is 6.65. The van der Waals surface area contributed by atoms with E-state index in [-0.39, 0.29) is 6.54 Å². The molecule has 0 saturated carbocycles. The molecule has 2 rings (SSSR count). The summed E-state index contributed by atoms with van der Waals surface area (Å²) in [4.78, 5) is 10.4. The van der Waals surface area contributed by atoms with Crippen LogP contribution in [0.1, 0.15) is 43.8 Å². The number of likely N-dealkylation sites (tertiary alicyclic amines) is 1. The topological polar surface area (TPSA) is 52.6 Å². The maximum absolute atomic E-state index is 12.6. The van der Waals surface area contributed by atoms with Crippen molar-refractivity contribution < 1.29 is 13.2 Å². The van der Waals surface area contributed by atoms with Crippen LogP contribution in [0.2, 0.25) is 0 Å². The van der Waals surface area contributed by atoms with Crippen LogP contribution < -0.4 is 10.6 Å². The van der Waals surface area contributed by atoms with E-state index in [1.54, 1.807) is 0 Å². The predicted molar refractivity (Wildman–Crippen MR) is 99.4 cm³/mol. The molecule has 0 spiro atoms. The van der Waals surface area contributed by atoms with Gasteiger partial charge in [0, 0.05) is 25.0 Å². The van der Waals surface area contributed by atoms with Crippen molar-refractivity contribution in [2.75, 3.05) is 32.7 Å². The largest absolute Gasteiger partial charge is 0.434 e. The van der Waals surface area contributed by atoms with Crippen LogP contribution in [-0.4, -0.2) is 48.6 Å². The summed E-state index contributed by atoms with van der Waals surface area (Å²) < 4.78 is 37.8. The van der Waals surface area contributed by atoms with E-state index < -0.39 is 11.9 Å². The van der Waals surface area contributed by atoms with E-state index in [0.717, 1.165) is 42.1 Å². The maximum atomic E-state index is 12.6. The SMILES string of the molecule is CCNC(=NCc1nc(C(F)(F)F)cs1)NCCCN1CCCC(C)C1. The Balaban J connectivity index is 1.76. The van der Waals surface area contributed by atoms with Gasteiger partial charge in [0.05, 0.1) is 6.54 Å². The van der Waals surface area contributed by atoms with Gasteiger partial charge in [-0.05, 0) is 45.2 Å². The standard InChI is InChI=1S/C17H28F3N5S/c1-3-21-16(22-7-5-9-25-8-4-6-13(2)11-25)23-10-15-24-14(12-26-15)17(18,19)20/h12-13H,3-11H2,1-2H3,(H2,21,22,23). The van der Waals surface area contributed by atoms with Gasteiger partial charge >= 0.3 is 6.18 Å². The number of piperidine rings is 1. The van der Waals surface area contributed by atoms with Gasteiger partial charge in [0.15, 0.2) is 11.7 Å². The number of halogens is 3. The average Bonchev–Trinajstić information content (AvgIpc) is 3.06. The van der Waals surface area contributed by atoms with Crippen LogP contribution in [0, 0.1) is 5.92 Å². The molecule has 1 saturated heterocycles. The normalized spacial score (nSPS) is 19.6. The lowest BCUT2D eigenvalue weighted by Crippen LogP contribution is -2.40. The third kappa shape index (κ3) is 7.11. The monoisotopic (exact) mass is 391 g/mol. The van der Waals surface area contributed by atoms with Gasteiger partial charge in [-0.3, -0.25) is 0 Å². The Morgan fingerprint density at radius 1 is 1.42 bits per heavy atom. The van der Waals surface area contributed by atoms with E-state index in [1.807, 2.05) is 6.92 Å². The number of rotatable bonds is 7. The highest BCUT2D eigenvalue weighted by Gasteiger charge is 2.33. The second kappa shape index (κ2) is 10.1. The molecular weight excluding hydrogens is 363 g/mol. The Bertz CT molecular complexity index is 573. The number of nitrogens with zero attached hydrogens (tertiary/aromatic N) is 3. The molecule has 0 aliphatic carbocycles. The Hall–Kier alpha value is -1.35. The Morgan fingerprint density at radius 2 is 2.23 bits per heavy atom. The third-order valence-corrected chi connectivity index (χ3v) is 5.08. The molecule has 1 atom stereocenters. The van der Waals surface area contributed by atoms with Gasteiger partial charge in [0.1, 0.15) is 5.01 Å². The van der Waals surface area contributed by atoms with Crippen LogP contribution in [-0.2, 0) is 12.7 Å². The summed E-state index contributed by atoms with van der Waals surface area (Å²) >= 11 is 0.983. The maximum Gasteiger partial charge on any atom is 0.434 e. The second-order valence-corrected chi connectivity index (χ2v) is 7.59. The highest BCUT2D eigenvalue weighted by Crippen LogP contribution is 2.30. The number of aromatic nitrogens is 1. The van der Waals surface area contributed by atoms with E-state index in [1.165, 1.54) is 25.9 Å². The van der Waals surface area contributed by atoms with Crippen molar-refractivity contribution >= 4 is 17.3 Å². The minimum atomic E-state index is -4.40. The van der Waals surface area contributed by atoms with Gasteiger partial charge in [-0.2, -0.15) is 13.2 Å². The number of hydrogen-bond donors (Lipinski definition) is 2. The fourth-order valence-corrected chi connectivity index (χ4v) is 3.73. The molecule has 148 valence electrons. The molecule has 1 aromatic heterocycles. The fraction of sp³-hybridized carbons (Fsp3) is 0.765. The third-order valence-electron chi connectivity index (χ3n) is 4.24. The number of thiazole rings is 1. The summed E-state index contributed by atoms with van der Waals surface area (Å²) in [5.41, 5.74) is -0.846. The number of aliphatic imine (C=N–C) groups is 1. The molecule has 1 fully saturated rings. The first kappa shape index (κ1) is 21.0. The lowest BCUT2D eigenvalue weighted by Gasteiger charge is -2.30. The molecular formula is C17H28F3N5S. The Labute approximate surface area is 157 Å². The minimum absolute atomic E-state index is 0.139. The van der Waals surface area contributed by atoms with Crippen LogP contribution in [0.25, 0.3) is 0 Å².